The van der Waals surface area contributed by atoms with Gasteiger partial charge in [-0.15, -0.1) is 0 Å². The lowest BCUT2D eigenvalue weighted by molar-refractivity contribution is 0.193. The summed E-state index contributed by atoms with van der Waals surface area (Å²) in [6, 6.07) is 8.82. The van der Waals surface area contributed by atoms with Crippen LogP contribution < -0.4 is 5.32 Å². The molecule has 0 bridgehead atoms. The van der Waals surface area contributed by atoms with Crippen molar-refractivity contribution >= 4 is 10.9 Å². The Kier molecular flexibility index (Phi) is 2.65. The number of nitrogens with one attached hydrogen (secondary N) is 2. The van der Waals surface area contributed by atoms with Gasteiger partial charge in [0.05, 0.1) is 6.10 Å². The Labute approximate surface area is 101 Å². The second-order valence-corrected chi connectivity index (χ2v) is 4.97. The molecule has 0 spiro atoms. The number of β-amino-alcohol motifs (C(OH)–C–C–N with tert-alkyl or cyclic N) is 1. The third kappa shape index (κ3) is 1.96. The summed E-state index contributed by atoms with van der Waals surface area (Å²) < 4.78 is 0. The smallest absolute Gasteiger partial charge is 0.0679 e. The summed E-state index contributed by atoms with van der Waals surface area (Å²) >= 11 is 0. The molecule has 0 radical (unpaired) electrons. The minimum Gasteiger partial charge on any atom is -0.392 e. The fourth-order valence-corrected chi connectivity index (χ4v) is 2.80. The van der Waals surface area contributed by atoms with Gasteiger partial charge in [0.25, 0.3) is 0 Å². The van der Waals surface area contributed by atoms with Gasteiger partial charge in [-0.25, -0.2) is 0 Å². The summed E-state index contributed by atoms with van der Waals surface area (Å²) in [5.41, 5.74) is 3.83. The lowest BCUT2D eigenvalue weighted by Crippen LogP contribution is -2.23. The highest BCUT2D eigenvalue weighted by Crippen LogP contribution is 2.24. The van der Waals surface area contributed by atoms with Gasteiger partial charge in [0.1, 0.15) is 0 Å². The van der Waals surface area contributed by atoms with E-state index in [1.165, 1.54) is 22.2 Å². The molecule has 0 unspecified atom stereocenters. The highest BCUT2D eigenvalue weighted by Gasteiger charge is 2.23. The summed E-state index contributed by atoms with van der Waals surface area (Å²) in [5, 5.41) is 14.2. The number of rotatable bonds is 2. The van der Waals surface area contributed by atoms with Crippen LogP contribution in [0.1, 0.15) is 17.7 Å². The van der Waals surface area contributed by atoms with E-state index in [0.717, 1.165) is 19.4 Å². The number of benzene rings is 1. The van der Waals surface area contributed by atoms with Crippen LogP contribution in [0, 0.1) is 6.92 Å². The minimum absolute atomic E-state index is 0.175. The predicted octanol–water partition coefficient (Wildman–Crippen LogP) is 1.74. The fourth-order valence-electron chi connectivity index (χ4n) is 2.80. The summed E-state index contributed by atoms with van der Waals surface area (Å²) in [7, 11) is 0. The number of hydrogen-bond acceptors (Lipinski definition) is 2. The molecule has 2 atom stereocenters. The van der Waals surface area contributed by atoms with Crippen molar-refractivity contribution in [3.8, 4) is 0 Å². The Bertz CT molecular complexity index is 532. The molecule has 2 aromatic rings. The van der Waals surface area contributed by atoms with Crippen LogP contribution in [-0.2, 0) is 6.42 Å². The number of hydrogen-bond donors (Lipinski definition) is 3. The monoisotopic (exact) mass is 230 g/mol. The van der Waals surface area contributed by atoms with E-state index >= 15 is 0 Å². The zero-order chi connectivity index (χ0) is 11.8. The van der Waals surface area contributed by atoms with Crippen LogP contribution in [0.2, 0.25) is 0 Å². The predicted molar refractivity (Wildman–Crippen MR) is 69.2 cm³/mol. The molecular weight excluding hydrogens is 212 g/mol. The first-order valence-corrected chi connectivity index (χ1v) is 6.21. The van der Waals surface area contributed by atoms with E-state index in [2.05, 4.69) is 41.5 Å². The third-order valence-corrected chi connectivity index (χ3v) is 3.68. The first kappa shape index (κ1) is 10.8. The zero-order valence-electron chi connectivity index (χ0n) is 10.0. The van der Waals surface area contributed by atoms with E-state index in [1.54, 1.807) is 0 Å². The molecule has 3 nitrogen and oxygen atoms in total. The lowest BCUT2D eigenvalue weighted by atomic mass is 10.0. The van der Waals surface area contributed by atoms with Crippen molar-refractivity contribution in [3.05, 3.63) is 35.5 Å². The summed E-state index contributed by atoms with van der Waals surface area (Å²) in [4.78, 5) is 3.42. The molecule has 1 fully saturated rings. The van der Waals surface area contributed by atoms with Crippen molar-refractivity contribution < 1.29 is 5.11 Å². The zero-order valence-corrected chi connectivity index (χ0v) is 10.0. The molecule has 3 heteroatoms. The van der Waals surface area contributed by atoms with Gasteiger partial charge in [0.2, 0.25) is 0 Å². The molecule has 1 aromatic carbocycles. The number of fused-ring (bicyclic) bond motifs is 1. The average Bonchev–Trinajstić information content (AvgIpc) is 2.85. The highest BCUT2D eigenvalue weighted by molar-refractivity contribution is 5.84. The highest BCUT2D eigenvalue weighted by atomic mass is 16.3. The molecule has 3 N–H and O–H groups in total. The van der Waals surface area contributed by atoms with Crippen LogP contribution in [-0.4, -0.2) is 28.8 Å². The molecule has 0 aliphatic carbocycles. The molecule has 2 heterocycles. The van der Waals surface area contributed by atoms with Gasteiger partial charge in [0, 0.05) is 29.2 Å². The fraction of sp³-hybridized carbons (Fsp3) is 0.429. The van der Waals surface area contributed by atoms with Crippen molar-refractivity contribution in [2.24, 2.45) is 0 Å². The number of para-hydroxylation sites is 1. The van der Waals surface area contributed by atoms with Gasteiger partial charge in [-0.2, -0.15) is 0 Å². The van der Waals surface area contributed by atoms with Crippen LogP contribution >= 0.6 is 0 Å². The summed E-state index contributed by atoms with van der Waals surface area (Å²) in [6.07, 6.45) is 1.68. The number of H-pyrrole nitrogens is 1. The van der Waals surface area contributed by atoms with Crippen LogP contribution in [0.5, 0.6) is 0 Å². The second-order valence-electron chi connectivity index (χ2n) is 4.97. The Morgan fingerprint density at radius 3 is 2.94 bits per heavy atom. The van der Waals surface area contributed by atoms with Crippen molar-refractivity contribution in [2.75, 3.05) is 6.54 Å². The number of aromatic amines is 1. The van der Waals surface area contributed by atoms with Gasteiger partial charge in [-0.1, -0.05) is 18.2 Å². The van der Waals surface area contributed by atoms with Gasteiger partial charge in [0.15, 0.2) is 0 Å². The summed E-state index contributed by atoms with van der Waals surface area (Å²) in [5.74, 6) is 0. The van der Waals surface area contributed by atoms with E-state index in [1.807, 2.05) is 0 Å². The van der Waals surface area contributed by atoms with Crippen molar-refractivity contribution in [1.82, 2.24) is 10.3 Å². The van der Waals surface area contributed by atoms with Gasteiger partial charge in [-0.3, -0.25) is 0 Å². The van der Waals surface area contributed by atoms with E-state index < -0.39 is 0 Å². The van der Waals surface area contributed by atoms with E-state index in [0.29, 0.717) is 6.04 Å². The molecule has 1 aliphatic rings. The topological polar surface area (TPSA) is 48.0 Å². The van der Waals surface area contributed by atoms with Crippen LogP contribution in [0.3, 0.4) is 0 Å². The maximum atomic E-state index is 9.54. The van der Waals surface area contributed by atoms with E-state index in [4.69, 9.17) is 0 Å². The number of aliphatic hydroxyl groups is 1. The van der Waals surface area contributed by atoms with Crippen molar-refractivity contribution in [3.63, 3.8) is 0 Å². The molecule has 0 amide bonds. The first-order chi connectivity index (χ1) is 8.24. The average molecular weight is 230 g/mol. The molecule has 0 saturated carbocycles. The van der Waals surface area contributed by atoms with Crippen LogP contribution in [0.4, 0.5) is 0 Å². The maximum Gasteiger partial charge on any atom is 0.0679 e. The molecule has 1 aromatic heterocycles. The molecule has 3 rings (SSSR count). The standard InChI is InChI=1S/C14H18N2O/c1-9-13(7-10-6-11(17)8-15-10)12-4-2-3-5-14(12)16-9/h2-5,10-11,15-17H,6-8H2,1H3/t10-,11+/m1/s1. The Morgan fingerprint density at radius 2 is 2.18 bits per heavy atom. The summed E-state index contributed by atoms with van der Waals surface area (Å²) in [6.45, 7) is 2.85. The van der Waals surface area contributed by atoms with Gasteiger partial charge < -0.3 is 15.4 Å². The number of aromatic nitrogens is 1. The molecular formula is C14H18N2O. The largest absolute Gasteiger partial charge is 0.392 e. The van der Waals surface area contributed by atoms with E-state index in [9.17, 15) is 5.11 Å². The van der Waals surface area contributed by atoms with E-state index in [-0.39, 0.29) is 6.10 Å². The first-order valence-electron chi connectivity index (χ1n) is 6.21. The Balaban J connectivity index is 1.91. The quantitative estimate of drug-likeness (QED) is 0.736. The Morgan fingerprint density at radius 1 is 1.35 bits per heavy atom. The lowest BCUT2D eigenvalue weighted by Gasteiger charge is -2.10. The van der Waals surface area contributed by atoms with Crippen molar-refractivity contribution in [2.45, 2.75) is 31.9 Å². The van der Waals surface area contributed by atoms with Gasteiger partial charge >= 0.3 is 0 Å². The second kappa shape index (κ2) is 4.17. The molecule has 1 saturated heterocycles. The third-order valence-electron chi connectivity index (χ3n) is 3.68. The van der Waals surface area contributed by atoms with Crippen LogP contribution in [0.25, 0.3) is 10.9 Å². The SMILES string of the molecule is Cc1[nH]c2ccccc2c1C[C@H]1C[C@H](O)CN1. The molecule has 1 aliphatic heterocycles. The molecule has 17 heavy (non-hydrogen) atoms. The Hall–Kier alpha value is -1.32. The number of aliphatic hydroxyl groups excluding tert-OH is 1. The van der Waals surface area contributed by atoms with Gasteiger partial charge in [-0.05, 0) is 31.4 Å². The van der Waals surface area contributed by atoms with Crippen LogP contribution in [0.15, 0.2) is 24.3 Å². The molecule has 90 valence electrons. The normalized spacial score (nSPS) is 24.6. The maximum absolute atomic E-state index is 9.54. The minimum atomic E-state index is -0.175. The number of aryl methyl sites for hydroxylation is 1. The van der Waals surface area contributed by atoms with Crippen molar-refractivity contribution in [1.29, 1.82) is 0 Å².